The number of rotatable bonds is 7. The molecule has 2 saturated heterocycles. The van der Waals surface area contributed by atoms with Crippen molar-refractivity contribution in [2.75, 3.05) is 39.3 Å². The Balaban J connectivity index is 1.13. The first-order valence-electron chi connectivity index (χ1n) is 11.8. The summed E-state index contributed by atoms with van der Waals surface area (Å²) in [4.78, 5) is 11.7. The van der Waals surface area contributed by atoms with Gasteiger partial charge in [-0.3, -0.25) is 4.90 Å². The number of ether oxygens (including phenoxy) is 1. The van der Waals surface area contributed by atoms with E-state index in [4.69, 9.17) is 16.3 Å². The van der Waals surface area contributed by atoms with Crippen molar-refractivity contribution in [3.05, 3.63) is 45.8 Å². The van der Waals surface area contributed by atoms with Gasteiger partial charge in [0.25, 0.3) is 10.0 Å². The molecular formula is C22H33N7O3S2. The molecule has 0 radical (unpaired) electrons. The van der Waals surface area contributed by atoms with Gasteiger partial charge in [-0.15, -0.1) is 11.3 Å². The molecule has 2 fully saturated rings. The van der Waals surface area contributed by atoms with Gasteiger partial charge in [0.05, 0.1) is 30.8 Å². The molecule has 2 aromatic heterocycles. The molecule has 34 heavy (non-hydrogen) atoms. The van der Waals surface area contributed by atoms with Gasteiger partial charge in [0.2, 0.25) is 0 Å². The van der Waals surface area contributed by atoms with E-state index in [-0.39, 0.29) is 16.7 Å². The number of sulfonamides is 1. The predicted octanol–water partition coefficient (Wildman–Crippen LogP) is 0.946. The molecule has 1 spiro atoms. The standard InChI is InChI=1S/C22H33N7O3S2/c1-2-18-9-19-20(33-18)3-8-32-22(19)4-6-27(7-5-22)11-16(23)12-29(24)17-13-28(14-17)34(30,31)21-10-25-15-26-21/h9-10,12,15,17H,2-8,11,13-14,23-24H2,1H3,(H,25,26)/b16-12-. The van der Waals surface area contributed by atoms with Gasteiger partial charge < -0.3 is 20.5 Å². The molecule has 0 aromatic carbocycles. The lowest BCUT2D eigenvalue weighted by Gasteiger charge is -2.44. The number of hydrogen-bond donors (Lipinski definition) is 3. The van der Waals surface area contributed by atoms with Crippen molar-refractivity contribution in [3.8, 4) is 0 Å². The first kappa shape index (κ1) is 23.8. The lowest BCUT2D eigenvalue weighted by molar-refractivity contribution is -0.0961. The highest BCUT2D eigenvalue weighted by Gasteiger charge is 2.42. The average Bonchev–Trinajstić information content (AvgIpc) is 3.45. The molecule has 3 aliphatic rings. The van der Waals surface area contributed by atoms with E-state index in [0.717, 1.165) is 45.4 Å². The predicted molar refractivity (Wildman–Crippen MR) is 130 cm³/mol. The summed E-state index contributed by atoms with van der Waals surface area (Å²) < 4.78 is 32.7. The van der Waals surface area contributed by atoms with E-state index >= 15 is 0 Å². The number of piperidine rings is 1. The zero-order chi connectivity index (χ0) is 23.9. The lowest BCUT2D eigenvalue weighted by Crippen LogP contribution is -2.61. The number of aromatic amines is 1. The number of aromatic nitrogens is 2. The van der Waals surface area contributed by atoms with Crippen LogP contribution in [0.15, 0.2) is 35.5 Å². The van der Waals surface area contributed by atoms with Crippen molar-refractivity contribution >= 4 is 21.4 Å². The van der Waals surface area contributed by atoms with E-state index in [2.05, 4.69) is 27.9 Å². The maximum Gasteiger partial charge on any atom is 0.260 e. The fourth-order valence-corrected chi connectivity index (χ4v) is 7.64. The fraction of sp³-hybridized carbons (Fsp3) is 0.591. The Morgan fingerprint density at radius 2 is 2.18 bits per heavy atom. The zero-order valence-corrected chi connectivity index (χ0v) is 21.1. The summed E-state index contributed by atoms with van der Waals surface area (Å²) in [6.45, 7) is 6.09. The molecule has 0 saturated carbocycles. The number of aryl methyl sites for hydroxylation is 1. The molecule has 5 N–H and O–H groups in total. The van der Waals surface area contributed by atoms with Gasteiger partial charge in [0, 0.05) is 60.8 Å². The van der Waals surface area contributed by atoms with Crippen LogP contribution in [0.4, 0.5) is 0 Å². The minimum absolute atomic E-state index is 0.0925. The van der Waals surface area contributed by atoms with Crippen molar-refractivity contribution in [1.82, 2.24) is 24.2 Å². The summed E-state index contributed by atoms with van der Waals surface area (Å²) >= 11 is 1.94. The van der Waals surface area contributed by atoms with Crippen molar-refractivity contribution in [2.45, 2.75) is 49.3 Å². The molecule has 5 rings (SSSR count). The summed E-state index contributed by atoms with van der Waals surface area (Å²) in [5.74, 6) is 6.19. The first-order valence-corrected chi connectivity index (χ1v) is 14.0. The molecule has 0 bridgehead atoms. The van der Waals surface area contributed by atoms with Crippen LogP contribution in [0.2, 0.25) is 0 Å². The Labute approximate surface area is 204 Å². The van der Waals surface area contributed by atoms with E-state index in [1.165, 1.54) is 37.2 Å². The number of thiophene rings is 1. The smallest absolute Gasteiger partial charge is 0.260 e. The molecule has 10 nitrogen and oxygen atoms in total. The highest BCUT2D eigenvalue weighted by atomic mass is 32.2. The number of nitrogens with two attached hydrogens (primary N) is 2. The molecule has 5 heterocycles. The second-order valence-corrected chi connectivity index (χ2v) is 12.4. The number of fused-ring (bicyclic) bond motifs is 2. The summed E-state index contributed by atoms with van der Waals surface area (Å²) in [5, 5.41) is 1.63. The van der Waals surface area contributed by atoms with Gasteiger partial charge in [0.1, 0.15) is 0 Å². The maximum atomic E-state index is 12.5. The van der Waals surface area contributed by atoms with Gasteiger partial charge in [-0.2, -0.15) is 4.31 Å². The minimum atomic E-state index is -3.55. The molecule has 0 aliphatic carbocycles. The second kappa shape index (κ2) is 9.25. The summed E-state index contributed by atoms with van der Waals surface area (Å²) in [6.07, 6.45) is 8.42. The van der Waals surface area contributed by atoms with Crippen LogP contribution < -0.4 is 11.6 Å². The summed E-state index contributed by atoms with van der Waals surface area (Å²) in [6, 6.07) is 2.25. The van der Waals surface area contributed by atoms with Gasteiger partial charge in [-0.25, -0.2) is 19.2 Å². The molecular weight excluding hydrogens is 474 g/mol. The van der Waals surface area contributed by atoms with E-state index < -0.39 is 10.0 Å². The van der Waals surface area contributed by atoms with E-state index in [0.29, 0.717) is 25.3 Å². The number of hydrogen-bond acceptors (Lipinski definition) is 9. The molecule has 0 atom stereocenters. The second-order valence-electron chi connectivity index (χ2n) is 9.31. The Hall–Kier alpha value is -1.96. The van der Waals surface area contributed by atoms with Gasteiger partial charge in [0.15, 0.2) is 5.03 Å². The van der Waals surface area contributed by atoms with Gasteiger partial charge in [-0.1, -0.05) is 6.92 Å². The van der Waals surface area contributed by atoms with Crippen molar-refractivity contribution in [2.24, 2.45) is 11.6 Å². The monoisotopic (exact) mass is 507 g/mol. The number of nitrogens with zero attached hydrogens (tertiary/aromatic N) is 4. The van der Waals surface area contributed by atoms with Crippen LogP contribution in [0.25, 0.3) is 0 Å². The fourth-order valence-electron chi connectivity index (χ4n) is 5.05. The Kier molecular flexibility index (Phi) is 6.46. The van der Waals surface area contributed by atoms with E-state index in [1.807, 2.05) is 11.3 Å². The van der Waals surface area contributed by atoms with E-state index in [1.54, 1.807) is 6.20 Å². The van der Waals surface area contributed by atoms with Crippen LogP contribution >= 0.6 is 11.3 Å². The van der Waals surface area contributed by atoms with Crippen LogP contribution in [0.5, 0.6) is 0 Å². The third-order valence-corrected chi connectivity index (χ3v) is 10.2. The van der Waals surface area contributed by atoms with Gasteiger partial charge >= 0.3 is 0 Å². The third kappa shape index (κ3) is 4.38. The molecule has 186 valence electrons. The number of likely N-dealkylation sites (tertiary alicyclic amines) is 1. The van der Waals surface area contributed by atoms with Crippen LogP contribution in [0, 0.1) is 0 Å². The highest BCUT2D eigenvalue weighted by Crippen LogP contribution is 2.44. The normalized spacial score (nSPS) is 22.0. The van der Waals surface area contributed by atoms with Crippen molar-refractivity contribution in [3.63, 3.8) is 0 Å². The minimum Gasteiger partial charge on any atom is -0.400 e. The van der Waals surface area contributed by atoms with Crippen LogP contribution in [-0.2, 0) is 33.2 Å². The molecule has 3 aliphatic heterocycles. The number of hydrazine groups is 1. The first-order chi connectivity index (χ1) is 16.3. The summed E-state index contributed by atoms with van der Waals surface area (Å²) in [7, 11) is -3.55. The SMILES string of the molecule is CCc1cc2c(s1)CCOC21CCN(C/C(N)=C/N(N)C2CN(S(=O)(=O)c3cnc[nH]3)C2)CC1. The maximum absolute atomic E-state index is 12.5. The Morgan fingerprint density at radius 1 is 1.41 bits per heavy atom. The number of nitrogens with one attached hydrogen (secondary N) is 1. The molecule has 0 amide bonds. The largest absolute Gasteiger partial charge is 0.400 e. The highest BCUT2D eigenvalue weighted by molar-refractivity contribution is 7.89. The zero-order valence-electron chi connectivity index (χ0n) is 19.4. The Bertz CT molecular complexity index is 1130. The quantitative estimate of drug-likeness (QED) is 0.373. The molecule has 12 heteroatoms. The summed E-state index contributed by atoms with van der Waals surface area (Å²) in [5.41, 5.74) is 8.24. The van der Waals surface area contributed by atoms with Crippen LogP contribution in [-0.4, -0.2) is 78.0 Å². The molecule has 0 unspecified atom stereocenters. The lowest BCUT2D eigenvalue weighted by atomic mass is 9.82. The van der Waals surface area contributed by atoms with Crippen LogP contribution in [0.1, 0.15) is 35.1 Å². The average molecular weight is 508 g/mol. The Morgan fingerprint density at radius 3 is 2.85 bits per heavy atom. The van der Waals surface area contributed by atoms with Crippen LogP contribution in [0.3, 0.4) is 0 Å². The van der Waals surface area contributed by atoms with Gasteiger partial charge in [-0.05, 0) is 30.9 Å². The number of H-pyrrole nitrogens is 1. The molecule has 2 aromatic rings. The number of imidazole rings is 1. The topological polar surface area (TPSA) is 134 Å². The van der Waals surface area contributed by atoms with Crippen molar-refractivity contribution in [1.29, 1.82) is 0 Å². The van der Waals surface area contributed by atoms with Crippen molar-refractivity contribution < 1.29 is 13.2 Å². The third-order valence-electron chi connectivity index (χ3n) is 7.13. The van der Waals surface area contributed by atoms with E-state index in [9.17, 15) is 8.42 Å².